The first-order chi connectivity index (χ1) is 10.5. The van der Waals surface area contributed by atoms with Gasteiger partial charge in [0.25, 0.3) is 0 Å². The van der Waals surface area contributed by atoms with Gasteiger partial charge in [-0.15, -0.1) is 0 Å². The van der Waals surface area contributed by atoms with Gasteiger partial charge in [0.15, 0.2) is 0 Å². The van der Waals surface area contributed by atoms with E-state index in [0.29, 0.717) is 19.6 Å². The second kappa shape index (κ2) is 5.63. The molecule has 22 heavy (non-hydrogen) atoms. The van der Waals surface area contributed by atoms with Crippen molar-refractivity contribution in [1.82, 2.24) is 9.80 Å². The maximum absolute atomic E-state index is 13.0. The molecule has 2 amide bonds. The molecule has 3 rings (SSSR count). The Morgan fingerprint density at radius 3 is 2.68 bits per heavy atom. The molecular formula is C17H22N2O3. The molecular weight excluding hydrogens is 280 g/mol. The van der Waals surface area contributed by atoms with Gasteiger partial charge in [0.2, 0.25) is 5.91 Å². The second-order valence-electron chi connectivity index (χ2n) is 6.47. The SMILES string of the molecule is C[C@]1(c2ccccc2)CCN(C2CCCN(C(=O)O)C2)C1=O. The maximum atomic E-state index is 13.0. The summed E-state index contributed by atoms with van der Waals surface area (Å²) < 4.78 is 0. The first-order valence-corrected chi connectivity index (χ1v) is 7.87. The van der Waals surface area contributed by atoms with Crippen molar-refractivity contribution in [3.63, 3.8) is 0 Å². The third-order valence-electron chi connectivity index (χ3n) is 5.10. The van der Waals surface area contributed by atoms with Crippen molar-refractivity contribution in [2.24, 2.45) is 0 Å². The molecule has 0 aliphatic carbocycles. The standard InChI is InChI=1S/C17H22N2O3/c1-17(13-6-3-2-4-7-13)9-11-19(15(17)20)14-8-5-10-18(12-14)16(21)22/h2-4,6-7,14H,5,8-12H2,1H3,(H,21,22)/t14?,17-/m1/s1. The van der Waals surface area contributed by atoms with Crippen molar-refractivity contribution < 1.29 is 14.7 Å². The van der Waals surface area contributed by atoms with Gasteiger partial charge in [0.05, 0.1) is 5.41 Å². The van der Waals surface area contributed by atoms with E-state index in [1.54, 1.807) is 0 Å². The second-order valence-corrected chi connectivity index (χ2v) is 6.47. The lowest BCUT2D eigenvalue weighted by Gasteiger charge is -2.37. The molecule has 0 spiro atoms. The third kappa shape index (κ3) is 2.45. The van der Waals surface area contributed by atoms with Crippen LogP contribution in [0.1, 0.15) is 31.7 Å². The number of benzene rings is 1. The zero-order valence-corrected chi connectivity index (χ0v) is 12.9. The summed E-state index contributed by atoms with van der Waals surface area (Å²) in [6.07, 6.45) is 1.62. The van der Waals surface area contributed by atoms with Gasteiger partial charge in [0.1, 0.15) is 0 Å². The minimum absolute atomic E-state index is 0.0166. The van der Waals surface area contributed by atoms with Crippen LogP contribution in [0.15, 0.2) is 30.3 Å². The highest BCUT2D eigenvalue weighted by molar-refractivity contribution is 5.90. The number of carbonyl (C=O) groups excluding carboxylic acids is 1. The van der Waals surface area contributed by atoms with E-state index in [-0.39, 0.29) is 11.9 Å². The lowest BCUT2D eigenvalue weighted by Crippen LogP contribution is -2.51. The summed E-state index contributed by atoms with van der Waals surface area (Å²) in [6, 6.07) is 9.91. The van der Waals surface area contributed by atoms with Crippen molar-refractivity contribution >= 4 is 12.0 Å². The van der Waals surface area contributed by atoms with E-state index in [1.165, 1.54) is 4.90 Å². The number of hydrogen-bond donors (Lipinski definition) is 1. The number of amides is 2. The van der Waals surface area contributed by atoms with Crippen LogP contribution in [0.5, 0.6) is 0 Å². The van der Waals surface area contributed by atoms with Gasteiger partial charge in [-0.3, -0.25) is 4.79 Å². The number of piperidine rings is 1. The molecule has 2 saturated heterocycles. The van der Waals surface area contributed by atoms with E-state index in [0.717, 1.165) is 24.8 Å². The van der Waals surface area contributed by atoms with Crippen LogP contribution in [-0.2, 0) is 10.2 Å². The highest BCUT2D eigenvalue weighted by atomic mass is 16.4. The lowest BCUT2D eigenvalue weighted by molar-refractivity contribution is -0.134. The molecule has 1 aromatic carbocycles. The number of hydrogen-bond acceptors (Lipinski definition) is 2. The van der Waals surface area contributed by atoms with Crippen LogP contribution in [0.4, 0.5) is 4.79 Å². The Morgan fingerprint density at radius 1 is 1.27 bits per heavy atom. The van der Waals surface area contributed by atoms with Crippen LogP contribution in [0.3, 0.4) is 0 Å². The van der Waals surface area contributed by atoms with Gasteiger partial charge in [-0.25, -0.2) is 4.79 Å². The Morgan fingerprint density at radius 2 is 2.00 bits per heavy atom. The number of rotatable bonds is 2. The fourth-order valence-electron chi connectivity index (χ4n) is 3.67. The quantitative estimate of drug-likeness (QED) is 0.912. The van der Waals surface area contributed by atoms with Gasteiger partial charge in [-0.1, -0.05) is 30.3 Å². The monoisotopic (exact) mass is 302 g/mol. The Hall–Kier alpha value is -2.04. The molecule has 2 atom stereocenters. The fraction of sp³-hybridized carbons (Fsp3) is 0.529. The average molecular weight is 302 g/mol. The van der Waals surface area contributed by atoms with Gasteiger partial charge in [-0.2, -0.15) is 0 Å². The van der Waals surface area contributed by atoms with Crippen LogP contribution < -0.4 is 0 Å². The number of likely N-dealkylation sites (tertiary alicyclic amines) is 2. The van der Waals surface area contributed by atoms with Crippen LogP contribution in [0.25, 0.3) is 0 Å². The Labute approximate surface area is 130 Å². The minimum Gasteiger partial charge on any atom is -0.465 e. The first-order valence-electron chi connectivity index (χ1n) is 7.87. The largest absolute Gasteiger partial charge is 0.465 e. The van der Waals surface area contributed by atoms with Crippen molar-refractivity contribution in [1.29, 1.82) is 0 Å². The molecule has 2 aliphatic rings. The predicted octanol–water partition coefficient (Wildman–Crippen LogP) is 2.32. The molecule has 0 radical (unpaired) electrons. The molecule has 2 heterocycles. The summed E-state index contributed by atoms with van der Waals surface area (Å²) in [5.74, 6) is 0.135. The molecule has 1 unspecified atom stereocenters. The van der Waals surface area contributed by atoms with Crippen LogP contribution in [0.2, 0.25) is 0 Å². The summed E-state index contributed by atoms with van der Waals surface area (Å²) in [5.41, 5.74) is 0.570. The normalized spacial score (nSPS) is 29.0. The zero-order valence-electron chi connectivity index (χ0n) is 12.9. The summed E-state index contributed by atoms with van der Waals surface area (Å²) in [6.45, 7) is 3.72. The highest BCUT2D eigenvalue weighted by Crippen LogP contribution is 2.37. The van der Waals surface area contributed by atoms with Crippen molar-refractivity contribution in [3.05, 3.63) is 35.9 Å². The molecule has 1 aromatic rings. The summed E-state index contributed by atoms with van der Waals surface area (Å²) >= 11 is 0. The van der Waals surface area contributed by atoms with E-state index in [4.69, 9.17) is 5.11 Å². The van der Waals surface area contributed by atoms with Crippen molar-refractivity contribution in [3.8, 4) is 0 Å². The topological polar surface area (TPSA) is 60.9 Å². The van der Waals surface area contributed by atoms with Crippen LogP contribution in [0, 0.1) is 0 Å². The van der Waals surface area contributed by atoms with Gasteiger partial charge in [0, 0.05) is 25.7 Å². The molecule has 2 fully saturated rings. The molecule has 2 aliphatic heterocycles. The Bertz CT molecular complexity index is 575. The maximum Gasteiger partial charge on any atom is 0.407 e. The number of nitrogens with zero attached hydrogens (tertiary/aromatic N) is 2. The summed E-state index contributed by atoms with van der Waals surface area (Å²) in [7, 11) is 0. The van der Waals surface area contributed by atoms with E-state index in [2.05, 4.69) is 0 Å². The predicted molar refractivity (Wildman–Crippen MR) is 82.7 cm³/mol. The molecule has 5 nitrogen and oxygen atoms in total. The van der Waals surface area contributed by atoms with Gasteiger partial charge in [-0.05, 0) is 31.7 Å². The van der Waals surface area contributed by atoms with Crippen LogP contribution >= 0.6 is 0 Å². The lowest BCUT2D eigenvalue weighted by atomic mass is 9.81. The van der Waals surface area contributed by atoms with Crippen LogP contribution in [-0.4, -0.2) is 52.6 Å². The van der Waals surface area contributed by atoms with Gasteiger partial charge >= 0.3 is 6.09 Å². The van der Waals surface area contributed by atoms with E-state index in [1.807, 2.05) is 42.2 Å². The Kier molecular flexibility index (Phi) is 3.81. The van der Waals surface area contributed by atoms with E-state index < -0.39 is 11.5 Å². The summed E-state index contributed by atoms with van der Waals surface area (Å²) in [5, 5.41) is 9.17. The molecule has 1 N–H and O–H groups in total. The molecule has 0 saturated carbocycles. The van der Waals surface area contributed by atoms with Crippen molar-refractivity contribution in [2.75, 3.05) is 19.6 Å². The number of carbonyl (C=O) groups is 2. The van der Waals surface area contributed by atoms with Gasteiger partial charge < -0.3 is 14.9 Å². The summed E-state index contributed by atoms with van der Waals surface area (Å²) in [4.78, 5) is 27.5. The fourth-order valence-corrected chi connectivity index (χ4v) is 3.67. The molecule has 5 heteroatoms. The zero-order chi connectivity index (χ0) is 15.7. The van der Waals surface area contributed by atoms with Crippen molar-refractivity contribution in [2.45, 2.75) is 37.6 Å². The third-order valence-corrected chi connectivity index (χ3v) is 5.10. The smallest absolute Gasteiger partial charge is 0.407 e. The highest BCUT2D eigenvalue weighted by Gasteiger charge is 2.46. The minimum atomic E-state index is -0.887. The van der Waals surface area contributed by atoms with E-state index >= 15 is 0 Å². The Balaban J connectivity index is 1.78. The molecule has 118 valence electrons. The van der Waals surface area contributed by atoms with E-state index in [9.17, 15) is 9.59 Å². The molecule has 0 aromatic heterocycles. The average Bonchev–Trinajstić information content (AvgIpc) is 2.85. The number of carboxylic acid groups (broad SMARTS) is 1. The first kappa shape index (κ1) is 14.9. The molecule has 0 bridgehead atoms.